The summed E-state index contributed by atoms with van der Waals surface area (Å²) >= 11 is 11.7. The number of amides is 1. The molecule has 21 heavy (non-hydrogen) atoms. The summed E-state index contributed by atoms with van der Waals surface area (Å²) in [5.41, 5.74) is 5.27. The quantitative estimate of drug-likeness (QED) is 0.863. The second kappa shape index (κ2) is 5.93. The number of benzene rings is 2. The molecule has 0 bridgehead atoms. The standard InChI is InChI=1S/C13H9Cl2NO4S/c14-10-2-1-3-11(12(10)15)20-21(18,19)9-6-4-8(5-7-9)13(16)17/h1-7H,(H2,16,17). The molecule has 2 aromatic carbocycles. The number of hydrogen-bond acceptors (Lipinski definition) is 4. The molecule has 2 aromatic rings. The van der Waals surface area contributed by atoms with Gasteiger partial charge >= 0.3 is 10.1 Å². The topological polar surface area (TPSA) is 86.5 Å². The van der Waals surface area contributed by atoms with E-state index in [0.717, 1.165) is 0 Å². The Morgan fingerprint density at radius 3 is 2.24 bits per heavy atom. The normalized spacial score (nSPS) is 11.1. The van der Waals surface area contributed by atoms with Crippen molar-refractivity contribution in [1.29, 1.82) is 0 Å². The van der Waals surface area contributed by atoms with Crippen LogP contribution in [0.2, 0.25) is 10.0 Å². The van der Waals surface area contributed by atoms with Crippen molar-refractivity contribution in [1.82, 2.24) is 0 Å². The maximum atomic E-state index is 12.1. The molecule has 0 heterocycles. The Labute approximate surface area is 131 Å². The van der Waals surface area contributed by atoms with Crippen LogP contribution in [0.25, 0.3) is 0 Å². The zero-order chi connectivity index (χ0) is 15.6. The molecule has 1 amide bonds. The molecule has 0 unspecified atom stereocenters. The van der Waals surface area contributed by atoms with Crippen LogP contribution >= 0.6 is 23.2 Å². The zero-order valence-corrected chi connectivity index (χ0v) is 12.7. The molecule has 0 aliphatic heterocycles. The van der Waals surface area contributed by atoms with Crippen molar-refractivity contribution in [2.75, 3.05) is 0 Å². The minimum atomic E-state index is -4.09. The lowest BCUT2D eigenvalue weighted by molar-refractivity contribution is 0.1000. The molecule has 0 aliphatic rings. The van der Waals surface area contributed by atoms with Crippen molar-refractivity contribution < 1.29 is 17.4 Å². The van der Waals surface area contributed by atoms with Crippen molar-refractivity contribution >= 4 is 39.2 Å². The SMILES string of the molecule is NC(=O)c1ccc(S(=O)(=O)Oc2cccc(Cl)c2Cl)cc1. The van der Waals surface area contributed by atoms with Gasteiger partial charge in [0.1, 0.15) is 9.92 Å². The number of rotatable bonds is 4. The molecule has 0 atom stereocenters. The summed E-state index contributed by atoms with van der Waals surface area (Å²) in [6.07, 6.45) is 0. The molecule has 110 valence electrons. The minimum Gasteiger partial charge on any atom is -0.377 e. The lowest BCUT2D eigenvalue weighted by Crippen LogP contribution is -2.13. The predicted octanol–water partition coefficient (Wildman–Crippen LogP) is 2.86. The molecule has 8 heteroatoms. The van der Waals surface area contributed by atoms with Gasteiger partial charge in [-0.15, -0.1) is 0 Å². The van der Waals surface area contributed by atoms with E-state index in [0.29, 0.717) is 0 Å². The average Bonchev–Trinajstić information content (AvgIpc) is 2.44. The Bertz CT molecular complexity index is 788. The summed E-state index contributed by atoms with van der Waals surface area (Å²) in [4.78, 5) is 10.8. The Morgan fingerprint density at radius 2 is 1.67 bits per heavy atom. The van der Waals surface area contributed by atoms with Gasteiger partial charge in [-0.25, -0.2) is 0 Å². The van der Waals surface area contributed by atoms with Crippen LogP contribution in [0.5, 0.6) is 5.75 Å². The number of halogens is 2. The van der Waals surface area contributed by atoms with Crippen LogP contribution in [0.1, 0.15) is 10.4 Å². The van der Waals surface area contributed by atoms with Crippen LogP contribution in [-0.4, -0.2) is 14.3 Å². The first-order valence-corrected chi connectivity index (χ1v) is 7.76. The van der Waals surface area contributed by atoms with Crippen LogP contribution < -0.4 is 9.92 Å². The fourth-order valence-electron chi connectivity index (χ4n) is 1.50. The largest absolute Gasteiger partial charge is 0.377 e. The van der Waals surface area contributed by atoms with Gasteiger partial charge in [-0.2, -0.15) is 8.42 Å². The van der Waals surface area contributed by atoms with Crippen molar-refractivity contribution in [2.45, 2.75) is 4.90 Å². The van der Waals surface area contributed by atoms with Gasteiger partial charge in [-0.1, -0.05) is 29.3 Å². The molecule has 0 radical (unpaired) electrons. The lowest BCUT2D eigenvalue weighted by atomic mass is 10.2. The van der Waals surface area contributed by atoms with E-state index in [-0.39, 0.29) is 26.3 Å². The first-order valence-electron chi connectivity index (χ1n) is 5.59. The van der Waals surface area contributed by atoms with Gasteiger partial charge in [0, 0.05) is 5.56 Å². The van der Waals surface area contributed by atoms with E-state index in [4.69, 9.17) is 33.1 Å². The van der Waals surface area contributed by atoms with Crippen molar-refractivity contribution in [3.05, 3.63) is 58.1 Å². The maximum absolute atomic E-state index is 12.1. The Kier molecular flexibility index (Phi) is 4.41. The van der Waals surface area contributed by atoms with Gasteiger partial charge in [0.05, 0.1) is 5.02 Å². The Hall–Kier alpha value is -1.76. The number of nitrogens with two attached hydrogens (primary N) is 1. The fraction of sp³-hybridized carbons (Fsp3) is 0. The molecule has 0 saturated heterocycles. The zero-order valence-electron chi connectivity index (χ0n) is 10.4. The van der Waals surface area contributed by atoms with E-state index < -0.39 is 16.0 Å². The van der Waals surface area contributed by atoms with Crippen LogP contribution in [0.3, 0.4) is 0 Å². The van der Waals surface area contributed by atoms with Gasteiger partial charge in [0.15, 0.2) is 5.75 Å². The first-order chi connectivity index (χ1) is 9.81. The highest BCUT2D eigenvalue weighted by molar-refractivity contribution is 7.87. The smallest absolute Gasteiger partial charge is 0.339 e. The van der Waals surface area contributed by atoms with E-state index >= 15 is 0 Å². The average molecular weight is 346 g/mol. The summed E-state index contributed by atoms with van der Waals surface area (Å²) in [7, 11) is -4.09. The summed E-state index contributed by atoms with van der Waals surface area (Å²) in [6, 6.07) is 9.40. The highest BCUT2D eigenvalue weighted by Gasteiger charge is 2.19. The van der Waals surface area contributed by atoms with Crippen LogP contribution in [0.15, 0.2) is 47.4 Å². The summed E-state index contributed by atoms with van der Waals surface area (Å²) < 4.78 is 29.2. The predicted molar refractivity (Wildman–Crippen MR) is 79.2 cm³/mol. The molecule has 2 N–H and O–H groups in total. The third-order valence-electron chi connectivity index (χ3n) is 2.54. The van der Waals surface area contributed by atoms with E-state index in [1.165, 1.54) is 42.5 Å². The summed E-state index contributed by atoms with van der Waals surface area (Å²) in [5, 5.41) is 0.171. The second-order valence-corrected chi connectivity index (χ2v) is 6.31. The third kappa shape index (κ3) is 3.47. The second-order valence-electron chi connectivity index (χ2n) is 3.98. The number of carbonyl (C=O) groups is 1. The monoisotopic (exact) mass is 345 g/mol. The van der Waals surface area contributed by atoms with E-state index in [1.54, 1.807) is 0 Å². The molecule has 5 nitrogen and oxygen atoms in total. The van der Waals surface area contributed by atoms with Gasteiger partial charge in [0.2, 0.25) is 5.91 Å². The van der Waals surface area contributed by atoms with Gasteiger partial charge in [0.25, 0.3) is 0 Å². The van der Waals surface area contributed by atoms with E-state index in [2.05, 4.69) is 0 Å². The first kappa shape index (κ1) is 15.6. The summed E-state index contributed by atoms with van der Waals surface area (Å²) in [6.45, 7) is 0. The summed E-state index contributed by atoms with van der Waals surface area (Å²) in [5.74, 6) is -0.735. The molecule has 0 fully saturated rings. The molecule has 0 saturated carbocycles. The Morgan fingerprint density at radius 1 is 1.05 bits per heavy atom. The Balaban J connectivity index is 2.34. The van der Waals surface area contributed by atoms with Crippen LogP contribution in [0, 0.1) is 0 Å². The van der Waals surface area contributed by atoms with Crippen LogP contribution in [0.4, 0.5) is 0 Å². The van der Waals surface area contributed by atoms with E-state index in [1.807, 2.05) is 0 Å². The lowest BCUT2D eigenvalue weighted by Gasteiger charge is -2.09. The number of primary amides is 1. The van der Waals surface area contributed by atoms with Gasteiger partial charge < -0.3 is 9.92 Å². The van der Waals surface area contributed by atoms with Crippen molar-refractivity contribution in [3.8, 4) is 5.75 Å². The molecule has 0 spiro atoms. The minimum absolute atomic E-state index is 0.00324. The fourth-order valence-corrected chi connectivity index (χ4v) is 2.82. The highest BCUT2D eigenvalue weighted by Crippen LogP contribution is 2.33. The molecular formula is C13H9Cl2NO4S. The van der Waals surface area contributed by atoms with Crippen LogP contribution in [-0.2, 0) is 10.1 Å². The maximum Gasteiger partial charge on any atom is 0.339 e. The van der Waals surface area contributed by atoms with Crippen molar-refractivity contribution in [3.63, 3.8) is 0 Å². The third-order valence-corrected chi connectivity index (χ3v) is 4.59. The van der Waals surface area contributed by atoms with E-state index in [9.17, 15) is 13.2 Å². The molecule has 0 aromatic heterocycles. The molecule has 0 aliphatic carbocycles. The molecular weight excluding hydrogens is 337 g/mol. The van der Waals surface area contributed by atoms with Crippen molar-refractivity contribution in [2.24, 2.45) is 5.73 Å². The number of carbonyl (C=O) groups excluding carboxylic acids is 1. The van der Waals surface area contributed by atoms with Gasteiger partial charge in [-0.3, -0.25) is 4.79 Å². The highest BCUT2D eigenvalue weighted by atomic mass is 35.5. The molecule has 2 rings (SSSR count). The number of hydrogen-bond donors (Lipinski definition) is 1. The van der Waals surface area contributed by atoms with Gasteiger partial charge in [-0.05, 0) is 36.4 Å².